The van der Waals surface area contributed by atoms with Crippen molar-refractivity contribution in [1.29, 1.82) is 0 Å². The second-order valence-electron chi connectivity index (χ2n) is 3.94. The Kier molecular flexibility index (Phi) is 3.67. The van der Waals surface area contributed by atoms with Crippen LogP contribution in [-0.4, -0.2) is 20.5 Å². The topological polar surface area (TPSA) is 47.8 Å². The molecule has 0 aliphatic carbocycles. The maximum Gasteiger partial charge on any atom is 0.187 e. The van der Waals surface area contributed by atoms with Gasteiger partial charge in [-0.15, -0.1) is 0 Å². The summed E-state index contributed by atoms with van der Waals surface area (Å²) < 4.78 is 1.90. The largest absolute Gasteiger partial charge is 0.289 e. The zero-order chi connectivity index (χ0) is 13.0. The molecule has 2 rings (SSSR count). The molecule has 0 spiro atoms. The molecule has 0 saturated carbocycles. The Morgan fingerprint density at radius 1 is 1.44 bits per heavy atom. The number of carbonyl (C=O) groups excluding carboxylic acids is 1. The van der Waals surface area contributed by atoms with Crippen LogP contribution in [-0.2, 0) is 6.54 Å². The summed E-state index contributed by atoms with van der Waals surface area (Å²) in [7, 11) is 0. The van der Waals surface area contributed by atoms with Crippen molar-refractivity contribution in [2.75, 3.05) is 0 Å². The molecular formula is C14H15N3O. The molecule has 2 heterocycles. The Bertz CT molecular complexity index is 570. The number of hydrogen-bond donors (Lipinski definition) is 0. The van der Waals surface area contributed by atoms with E-state index in [0.717, 1.165) is 17.8 Å². The van der Waals surface area contributed by atoms with Gasteiger partial charge in [0.15, 0.2) is 5.78 Å². The lowest BCUT2D eigenvalue weighted by Crippen LogP contribution is -1.98. The van der Waals surface area contributed by atoms with E-state index in [0.29, 0.717) is 5.56 Å². The van der Waals surface area contributed by atoms with Crippen LogP contribution in [0, 0.1) is 6.92 Å². The quantitative estimate of drug-likeness (QED) is 0.610. The van der Waals surface area contributed by atoms with Crippen LogP contribution >= 0.6 is 0 Å². The van der Waals surface area contributed by atoms with E-state index in [9.17, 15) is 4.79 Å². The van der Waals surface area contributed by atoms with E-state index < -0.39 is 0 Å². The van der Waals surface area contributed by atoms with Gasteiger partial charge >= 0.3 is 0 Å². The Morgan fingerprint density at radius 2 is 2.28 bits per heavy atom. The maximum absolute atomic E-state index is 11.9. The first-order chi connectivity index (χ1) is 8.72. The van der Waals surface area contributed by atoms with Gasteiger partial charge in [0.25, 0.3) is 0 Å². The van der Waals surface area contributed by atoms with Crippen molar-refractivity contribution in [3.8, 4) is 0 Å². The fourth-order valence-electron chi connectivity index (χ4n) is 1.71. The first kappa shape index (κ1) is 12.2. The number of aromatic nitrogens is 3. The van der Waals surface area contributed by atoms with Gasteiger partial charge in [0.05, 0.1) is 6.20 Å². The molecule has 0 aliphatic heterocycles. The van der Waals surface area contributed by atoms with E-state index in [-0.39, 0.29) is 5.78 Å². The molecule has 18 heavy (non-hydrogen) atoms. The summed E-state index contributed by atoms with van der Waals surface area (Å²) >= 11 is 0. The molecule has 0 amide bonds. The lowest BCUT2D eigenvalue weighted by Gasteiger charge is -1.98. The average Bonchev–Trinajstić information content (AvgIpc) is 2.77. The van der Waals surface area contributed by atoms with Gasteiger partial charge in [-0.05, 0) is 38.1 Å². The second kappa shape index (κ2) is 5.40. The Hall–Kier alpha value is -2.23. The lowest BCUT2D eigenvalue weighted by molar-refractivity contribution is 0.104. The fourth-order valence-corrected chi connectivity index (χ4v) is 1.71. The fraction of sp³-hybridized carbons (Fsp3) is 0.214. The van der Waals surface area contributed by atoms with Crippen LogP contribution in [0.2, 0.25) is 0 Å². The van der Waals surface area contributed by atoms with Gasteiger partial charge in [0.2, 0.25) is 0 Å². The minimum absolute atomic E-state index is 0.0493. The highest BCUT2D eigenvalue weighted by atomic mass is 16.1. The van der Waals surface area contributed by atoms with Gasteiger partial charge in [-0.3, -0.25) is 14.5 Å². The molecule has 2 aromatic rings. The number of nitrogens with zero attached hydrogens (tertiary/aromatic N) is 3. The summed E-state index contributed by atoms with van der Waals surface area (Å²) in [6.45, 7) is 4.86. The van der Waals surface area contributed by atoms with Crippen molar-refractivity contribution < 1.29 is 4.79 Å². The zero-order valence-corrected chi connectivity index (χ0v) is 10.5. The molecule has 0 unspecified atom stereocenters. The number of pyridine rings is 1. The van der Waals surface area contributed by atoms with E-state index in [1.54, 1.807) is 42.9 Å². The summed E-state index contributed by atoms with van der Waals surface area (Å²) in [6, 6.07) is 3.50. The van der Waals surface area contributed by atoms with Crippen LogP contribution in [0.15, 0.2) is 36.8 Å². The molecule has 0 aromatic carbocycles. The van der Waals surface area contributed by atoms with Gasteiger partial charge in [0.1, 0.15) is 0 Å². The summed E-state index contributed by atoms with van der Waals surface area (Å²) in [5, 5.41) is 4.23. The van der Waals surface area contributed by atoms with Crippen molar-refractivity contribution in [1.82, 2.24) is 14.8 Å². The molecule has 4 heteroatoms. The molecule has 0 N–H and O–H groups in total. The highest BCUT2D eigenvalue weighted by Gasteiger charge is 2.04. The van der Waals surface area contributed by atoms with Crippen LogP contribution in [0.4, 0.5) is 0 Å². The second-order valence-corrected chi connectivity index (χ2v) is 3.94. The minimum Gasteiger partial charge on any atom is -0.289 e. The molecule has 0 aliphatic rings. The van der Waals surface area contributed by atoms with Crippen LogP contribution in [0.5, 0.6) is 0 Å². The first-order valence-corrected chi connectivity index (χ1v) is 5.87. The Morgan fingerprint density at radius 3 is 2.89 bits per heavy atom. The molecule has 2 aromatic heterocycles. The normalized spacial score (nSPS) is 11.0. The number of carbonyl (C=O) groups is 1. The summed E-state index contributed by atoms with van der Waals surface area (Å²) in [4.78, 5) is 15.8. The third-order valence-electron chi connectivity index (χ3n) is 2.80. The summed E-state index contributed by atoms with van der Waals surface area (Å²) in [5.74, 6) is -0.0493. The third kappa shape index (κ3) is 2.53. The molecule has 0 fully saturated rings. The maximum atomic E-state index is 11.9. The molecule has 0 bridgehead atoms. The third-order valence-corrected chi connectivity index (χ3v) is 2.80. The van der Waals surface area contributed by atoms with Crippen molar-refractivity contribution >= 4 is 11.9 Å². The van der Waals surface area contributed by atoms with E-state index in [1.807, 2.05) is 18.5 Å². The van der Waals surface area contributed by atoms with Gasteiger partial charge in [-0.2, -0.15) is 5.10 Å². The standard InChI is InChI=1S/C14H15N3O/c1-3-17-11(2)12(10-16-17)6-7-14(18)13-5-4-8-15-9-13/h4-10H,3H2,1-2H3/b7-6+. The number of hydrogen-bond acceptors (Lipinski definition) is 3. The van der Waals surface area contributed by atoms with Gasteiger partial charge in [-0.25, -0.2) is 0 Å². The highest BCUT2D eigenvalue weighted by Crippen LogP contribution is 2.10. The monoisotopic (exact) mass is 241 g/mol. The Balaban J connectivity index is 2.16. The number of rotatable bonds is 4. The van der Waals surface area contributed by atoms with Crippen molar-refractivity contribution in [2.24, 2.45) is 0 Å². The van der Waals surface area contributed by atoms with E-state index >= 15 is 0 Å². The average molecular weight is 241 g/mol. The van der Waals surface area contributed by atoms with Crippen molar-refractivity contribution in [3.05, 3.63) is 53.6 Å². The molecule has 0 radical (unpaired) electrons. The van der Waals surface area contributed by atoms with E-state index in [2.05, 4.69) is 10.1 Å². The summed E-state index contributed by atoms with van der Waals surface area (Å²) in [5.41, 5.74) is 2.62. The van der Waals surface area contributed by atoms with Crippen LogP contribution in [0.25, 0.3) is 6.08 Å². The van der Waals surface area contributed by atoms with Gasteiger partial charge < -0.3 is 0 Å². The summed E-state index contributed by atoms with van der Waals surface area (Å²) in [6.07, 6.45) is 8.33. The first-order valence-electron chi connectivity index (χ1n) is 5.87. The zero-order valence-electron chi connectivity index (χ0n) is 10.5. The van der Waals surface area contributed by atoms with Crippen molar-refractivity contribution in [2.45, 2.75) is 20.4 Å². The van der Waals surface area contributed by atoms with Crippen LogP contribution in [0.1, 0.15) is 28.5 Å². The molecule has 0 atom stereocenters. The lowest BCUT2D eigenvalue weighted by atomic mass is 10.1. The van der Waals surface area contributed by atoms with Crippen molar-refractivity contribution in [3.63, 3.8) is 0 Å². The minimum atomic E-state index is -0.0493. The van der Waals surface area contributed by atoms with Gasteiger partial charge in [-0.1, -0.05) is 0 Å². The predicted octanol–water partition coefficient (Wildman–Crippen LogP) is 2.50. The molecule has 92 valence electrons. The smallest absolute Gasteiger partial charge is 0.187 e. The number of ketones is 1. The number of aryl methyl sites for hydroxylation is 1. The predicted molar refractivity (Wildman–Crippen MR) is 70.2 cm³/mol. The molecular weight excluding hydrogens is 226 g/mol. The van der Waals surface area contributed by atoms with Gasteiger partial charge in [0, 0.05) is 35.8 Å². The Labute approximate surface area is 106 Å². The SMILES string of the molecule is CCn1ncc(/C=C/C(=O)c2cccnc2)c1C. The van der Waals surface area contributed by atoms with E-state index in [4.69, 9.17) is 0 Å². The number of allylic oxidation sites excluding steroid dienone is 1. The molecule has 4 nitrogen and oxygen atoms in total. The molecule has 0 saturated heterocycles. The highest BCUT2D eigenvalue weighted by molar-refractivity contribution is 6.06. The van der Waals surface area contributed by atoms with E-state index in [1.165, 1.54) is 0 Å². The van der Waals surface area contributed by atoms with Crippen LogP contribution in [0.3, 0.4) is 0 Å². The van der Waals surface area contributed by atoms with Crippen LogP contribution < -0.4 is 0 Å².